The number of pyridine rings is 1. The minimum absolute atomic E-state index is 0.130. The van der Waals surface area contributed by atoms with Crippen molar-refractivity contribution in [3.63, 3.8) is 0 Å². The second kappa shape index (κ2) is 15.7. The fourth-order valence-corrected chi connectivity index (χ4v) is 8.49. The summed E-state index contributed by atoms with van der Waals surface area (Å²) in [7, 11) is 0. The van der Waals surface area contributed by atoms with Crippen LogP contribution < -0.4 is 0 Å². The first kappa shape index (κ1) is 34.1. The minimum Gasteiger partial charge on any atom is -0.507 e. The van der Waals surface area contributed by atoms with Crippen LogP contribution >= 0.6 is 0 Å². The van der Waals surface area contributed by atoms with Crippen molar-refractivity contribution in [2.75, 3.05) is 0 Å². The van der Waals surface area contributed by atoms with Crippen LogP contribution in [0.5, 0.6) is 5.75 Å². The molecule has 292 valence electrons. The van der Waals surface area contributed by atoms with Crippen LogP contribution in [0.3, 0.4) is 0 Å². The van der Waals surface area contributed by atoms with Crippen molar-refractivity contribution in [2.24, 2.45) is 0 Å². The molecule has 0 atom stereocenters. The van der Waals surface area contributed by atoms with Crippen LogP contribution in [-0.2, 0) is 0 Å². The molecule has 0 amide bonds. The lowest BCUT2D eigenvalue weighted by atomic mass is 9.93. The van der Waals surface area contributed by atoms with Crippen LogP contribution in [0.15, 0.2) is 200 Å². The van der Waals surface area contributed by atoms with Crippen LogP contribution in [0.1, 0.15) is 20.8 Å². The summed E-state index contributed by atoms with van der Waals surface area (Å²) in [4.78, 5) is 10.4. The van der Waals surface area contributed by atoms with Gasteiger partial charge in [0.1, 0.15) is 11.6 Å². The molecule has 4 heteroatoms. The Balaban J connectivity index is 1.29. The van der Waals surface area contributed by atoms with Crippen molar-refractivity contribution in [1.82, 2.24) is 14.5 Å². The summed E-state index contributed by atoms with van der Waals surface area (Å²) >= 11 is 0. The number of para-hydroxylation sites is 1. The number of imidazole rings is 1. The number of benzene rings is 8. The molecule has 0 spiro atoms. The van der Waals surface area contributed by atoms with Crippen molar-refractivity contribution < 1.29 is 9.22 Å². The standard InChI is InChI=1S/C57H43N3O/c1-37-29-39(3)56(61)51(30-37)57-59-55-48(46-32-45(41-19-10-5-11-20-41)33-47(34-46)52-35-44(27-28-58-52)40-17-8-4-9-18-40)25-16-26-53(55)60(57)54-36-49(42-21-12-6-13-22-42)38(2)31-50(54)43-23-14-7-15-24-43/h4-36,61H,1-3H3/i2D3. The van der Waals surface area contributed by atoms with E-state index in [1.165, 1.54) is 0 Å². The summed E-state index contributed by atoms with van der Waals surface area (Å²) in [5.41, 5.74) is 15.6. The van der Waals surface area contributed by atoms with Gasteiger partial charge >= 0.3 is 0 Å². The maximum atomic E-state index is 11.9. The number of phenols is 1. The number of hydrogen-bond acceptors (Lipinski definition) is 3. The van der Waals surface area contributed by atoms with Crippen molar-refractivity contribution >= 4 is 11.0 Å². The minimum atomic E-state index is -2.41. The number of phenolic OH excluding ortho intramolecular Hbond substituents is 1. The second-order valence-corrected chi connectivity index (χ2v) is 15.5. The van der Waals surface area contributed by atoms with E-state index in [0.29, 0.717) is 17.0 Å². The lowest BCUT2D eigenvalue weighted by Gasteiger charge is -2.19. The van der Waals surface area contributed by atoms with Crippen molar-refractivity contribution in [3.05, 3.63) is 217 Å². The molecule has 0 unspecified atom stereocenters. The van der Waals surface area contributed by atoms with E-state index in [1.807, 2.05) is 154 Å². The summed E-state index contributed by atoms with van der Waals surface area (Å²) in [5.74, 6) is 0.659. The Morgan fingerprint density at radius 3 is 1.74 bits per heavy atom. The number of aromatic hydroxyl groups is 1. The van der Waals surface area contributed by atoms with Crippen LogP contribution in [0.25, 0.3) is 95.0 Å². The summed E-state index contributed by atoms with van der Waals surface area (Å²) in [5, 5.41) is 11.9. The van der Waals surface area contributed by atoms with Crippen LogP contribution in [0, 0.1) is 20.7 Å². The summed E-state index contributed by atoms with van der Waals surface area (Å²) < 4.78 is 28.4. The molecular formula is C57H43N3O. The molecule has 10 aromatic rings. The maximum Gasteiger partial charge on any atom is 0.149 e. The molecule has 10 rings (SSSR count). The van der Waals surface area contributed by atoms with Gasteiger partial charge in [-0.25, -0.2) is 4.98 Å². The van der Waals surface area contributed by atoms with Crippen LogP contribution in [0.2, 0.25) is 0 Å². The molecule has 0 bridgehead atoms. The highest BCUT2D eigenvalue weighted by molar-refractivity contribution is 5.99. The van der Waals surface area contributed by atoms with Crippen molar-refractivity contribution in [1.29, 1.82) is 0 Å². The molecule has 4 nitrogen and oxygen atoms in total. The zero-order chi connectivity index (χ0) is 44.0. The average Bonchev–Trinajstić information content (AvgIpc) is 3.72. The molecule has 1 N–H and O–H groups in total. The van der Waals surface area contributed by atoms with E-state index < -0.39 is 6.85 Å². The SMILES string of the molecule is [2H]C([2H])([2H])c1cc(-c2ccccc2)c(-n2c(-c3cc(C)cc(C)c3O)nc3c(-c4cc(-c5ccccc5)cc(-c5cc(-c6ccccc6)ccn5)c4)cccc32)cc1-c1ccccc1. The molecule has 2 heterocycles. The molecule has 0 radical (unpaired) electrons. The molecule has 0 fully saturated rings. The highest BCUT2D eigenvalue weighted by atomic mass is 16.3. The molecular weight excluding hydrogens is 743 g/mol. The third-order valence-corrected chi connectivity index (χ3v) is 11.4. The molecule has 2 aromatic heterocycles. The van der Waals surface area contributed by atoms with Gasteiger partial charge in [-0.1, -0.05) is 140 Å². The average molecular weight is 789 g/mol. The summed E-state index contributed by atoms with van der Waals surface area (Å²) in [6, 6.07) is 64.9. The molecule has 0 aliphatic heterocycles. The smallest absolute Gasteiger partial charge is 0.149 e. The fourth-order valence-electron chi connectivity index (χ4n) is 8.49. The Morgan fingerprint density at radius 2 is 1.07 bits per heavy atom. The van der Waals surface area contributed by atoms with Gasteiger partial charge in [0.05, 0.1) is 28.0 Å². The van der Waals surface area contributed by atoms with Gasteiger partial charge in [0.2, 0.25) is 0 Å². The molecule has 0 saturated carbocycles. The molecule has 0 saturated heterocycles. The number of rotatable bonds is 8. The van der Waals surface area contributed by atoms with E-state index in [-0.39, 0.29) is 11.3 Å². The maximum absolute atomic E-state index is 11.9. The van der Waals surface area contributed by atoms with E-state index in [9.17, 15) is 5.11 Å². The van der Waals surface area contributed by atoms with Crippen molar-refractivity contribution in [2.45, 2.75) is 20.7 Å². The van der Waals surface area contributed by atoms with Crippen LogP contribution in [0.4, 0.5) is 0 Å². The third kappa shape index (κ3) is 7.08. The van der Waals surface area contributed by atoms with Gasteiger partial charge in [-0.3, -0.25) is 9.55 Å². The van der Waals surface area contributed by atoms with E-state index >= 15 is 0 Å². The largest absolute Gasteiger partial charge is 0.507 e. The topological polar surface area (TPSA) is 50.9 Å². The van der Waals surface area contributed by atoms with E-state index in [1.54, 1.807) is 0 Å². The zero-order valence-electron chi connectivity index (χ0n) is 36.8. The van der Waals surface area contributed by atoms with E-state index in [2.05, 4.69) is 65.2 Å². The monoisotopic (exact) mass is 788 g/mol. The van der Waals surface area contributed by atoms with Crippen LogP contribution in [-0.4, -0.2) is 19.6 Å². The van der Waals surface area contributed by atoms with Gasteiger partial charge < -0.3 is 5.11 Å². The lowest BCUT2D eigenvalue weighted by molar-refractivity contribution is 0.472. The first-order valence-electron chi connectivity index (χ1n) is 22.0. The summed E-state index contributed by atoms with van der Waals surface area (Å²) in [6.45, 7) is 1.50. The molecule has 61 heavy (non-hydrogen) atoms. The normalized spacial score (nSPS) is 12.2. The van der Waals surface area contributed by atoms with Gasteiger partial charge in [-0.2, -0.15) is 0 Å². The highest BCUT2D eigenvalue weighted by Crippen LogP contribution is 2.44. The Labute approximate surface area is 361 Å². The van der Waals surface area contributed by atoms with Gasteiger partial charge in [-0.15, -0.1) is 0 Å². The van der Waals surface area contributed by atoms with Gasteiger partial charge in [0.15, 0.2) is 0 Å². The first-order valence-corrected chi connectivity index (χ1v) is 20.5. The fraction of sp³-hybridized carbons (Fsp3) is 0.0526. The first-order chi connectivity index (χ1) is 31.1. The number of aromatic nitrogens is 3. The Morgan fingerprint density at radius 1 is 0.459 bits per heavy atom. The van der Waals surface area contributed by atoms with Crippen molar-refractivity contribution in [3.8, 4) is 89.7 Å². The quantitative estimate of drug-likeness (QED) is 0.167. The number of nitrogens with zero attached hydrogens (tertiary/aromatic N) is 3. The van der Waals surface area contributed by atoms with Gasteiger partial charge in [-0.05, 0) is 136 Å². The number of fused-ring (bicyclic) bond motifs is 1. The lowest BCUT2D eigenvalue weighted by Crippen LogP contribution is -2.03. The molecule has 0 aliphatic carbocycles. The Kier molecular flexibility index (Phi) is 8.80. The summed E-state index contributed by atoms with van der Waals surface area (Å²) in [6.07, 6.45) is 1.86. The molecule has 0 aliphatic rings. The predicted molar refractivity (Wildman–Crippen MR) is 253 cm³/mol. The number of hydrogen-bond donors (Lipinski definition) is 1. The number of aryl methyl sites for hydroxylation is 3. The Bertz CT molecular complexity index is 3330. The predicted octanol–water partition coefficient (Wildman–Crippen LogP) is 14.7. The van der Waals surface area contributed by atoms with E-state index in [0.717, 1.165) is 89.2 Å². The Hall–Kier alpha value is -7.82. The highest BCUT2D eigenvalue weighted by Gasteiger charge is 2.24. The zero-order valence-corrected chi connectivity index (χ0v) is 33.8. The molecule has 8 aromatic carbocycles. The van der Waals surface area contributed by atoms with Gasteiger partial charge in [0.25, 0.3) is 0 Å². The van der Waals surface area contributed by atoms with E-state index in [4.69, 9.17) is 14.1 Å². The second-order valence-electron chi connectivity index (χ2n) is 15.5. The van der Waals surface area contributed by atoms with Gasteiger partial charge in [0, 0.05) is 27.0 Å². The third-order valence-electron chi connectivity index (χ3n) is 11.4.